The maximum Gasteiger partial charge on any atom is 0.262 e. The summed E-state index contributed by atoms with van der Waals surface area (Å²) >= 11 is 1.59. The summed E-state index contributed by atoms with van der Waals surface area (Å²) in [4.78, 5) is 8.78. The van der Waals surface area contributed by atoms with Crippen LogP contribution in [0.1, 0.15) is 0 Å². The van der Waals surface area contributed by atoms with Gasteiger partial charge in [-0.2, -0.15) is 21.4 Å². The molecule has 0 amide bonds. The molecule has 6 nitrogen and oxygen atoms in total. The molecule has 0 aliphatic rings. The van der Waals surface area contributed by atoms with Gasteiger partial charge in [0.25, 0.3) is 5.89 Å². The second kappa shape index (κ2) is 6.62. The van der Waals surface area contributed by atoms with Gasteiger partial charge in [0.1, 0.15) is 5.69 Å². The average Bonchev–Trinajstić information content (AvgIpc) is 3.49. The Morgan fingerprint density at radius 2 is 1.89 bits per heavy atom. The number of hydrogen-bond donors (Lipinski definition) is 0. The highest BCUT2D eigenvalue weighted by atomic mass is 32.1. The van der Waals surface area contributed by atoms with Crippen LogP contribution in [0.3, 0.4) is 0 Å². The van der Waals surface area contributed by atoms with Crippen LogP contribution < -0.4 is 0 Å². The molecule has 0 fully saturated rings. The maximum atomic E-state index is 5.56. The van der Waals surface area contributed by atoms with E-state index in [1.165, 1.54) is 0 Å². The molecule has 0 aliphatic carbocycles. The number of nitrogens with zero attached hydrogens (tertiary/aromatic N) is 5. The molecule has 4 heterocycles. The normalized spacial score (nSPS) is 11.0. The van der Waals surface area contributed by atoms with Crippen molar-refractivity contribution in [3.63, 3.8) is 0 Å². The van der Waals surface area contributed by atoms with E-state index >= 15 is 0 Å². The van der Waals surface area contributed by atoms with Crippen molar-refractivity contribution in [1.29, 1.82) is 0 Å². The van der Waals surface area contributed by atoms with E-state index in [0.29, 0.717) is 11.7 Å². The minimum absolute atomic E-state index is 0.428. The fraction of sp³-hybridized carbons (Fsp3) is 0. The summed E-state index contributed by atoms with van der Waals surface area (Å²) in [7, 11) is 0. The van der Waals surface area contributed by atoms with Gasteiger partial charge in [-0.25, -0.2) is 4.68 Å². The van der Waals surface area contributed by atoms with Gasteiger partial charge in [0.2, 0.25) is 5.82 Å². The molecule has 0 bridgehead atoms. The summed E-state index contributed by atoms with van der Waals surface area (Å²) in [6, 6.07) is 15.7. The molecule has 5 aromatic rings. The van der Waals surface area contributed by atoms with Gasteiger partial charge in [-0.15, -0.1) is 0 Å². The summed E-state index contributed by atoms with van der Waals surface area (Å²) in [5.74, 6) is 0.994. The fourth-order valence-electron chi connectivity index (χ4n) is 2.80. The number of benzene rings is 1. The number of hydrogen-bond acceptors (Lipinski definition) is 6. The summed E-state index contributed by atoms with van der Waals surface area (Å²) in [5, 5.41) is 12.8. The Bertz CT molecular complexity index is 1160. The molecule has 5 rings (SSSR count). The summed E-state index contributed by atoms with van der Waals surface area (Å²) in [5.41, 5.74) is 4.28. The van der Waals surface area contributed by atoms with Gasteiger partial charge < -0.3 is 4.52 Å². The first-order chi connectivity index (χ1) is 13.4. The Morgan fingerprint density at radius 3 is 2.67 bits per heavy atom. The van der Waals surface area contributed by atoms with Crippen LogP contribution in [0.5, 0.6) is 0 Å². The highest BCUT2D eigenvalue weighted by Gasteiger charge is 2.20. The molecule has 4 aromatic heterocycles. The van der Waals surface area contributed by atoms with Gasteiger partial charge in [-0.1, -0.05) is 23.4 Å². The first-order valence-corrected chi connectivity index (χ1v) is 9.25. The minimum atomic E-state index is 0.428. The van der Waals surface area contributed by atoms with Crippen LogP contribution in [0.2, 0.25) is 0 Å². The van der Waals surface area contributed by atoms with E-state index in [1.54, 1.807) is 23.7 Å². The Labute approximate surface area is 158 Å². The van der Waals surface area contributed by atoms with E-state index in [0.717, 1.165) is 28.1 Å². The van der Waals surface area contributed by atoms with Crippen molar-refractivity contribution in [3.8, 4) is 39.8 Å². The zero-order chi connectivity index (χ0) is 18.1. The maximum absolute atomic E-state index is 5.56. The quantitative estimate of drug-likeness (QED) is 0.457. The highest BCUT2D eigenvalue weighted by molar-refractivity contribution is 7.08. The van der Waals surface area contributed by atoms with Gasteiger partial charge in [0.15, 0.2) is 0 Å². The number of para-hydroxylation sites is 1. The molecule has 130 valence electrons. The highest BCUT2D eigenvalue weighted by Crippen LogP contribution is 2.32. The van der Waals surface area contributed by atoms with Gasteiger partial charge in [0.05, 0.1) is 11.3 Å². The number of aromatic nitrogens is 5. The zero-order valence-corrected chi connectivity index (χ0v) is 14.9. The SMILES string of the molecule is c1ccc(-n2cc(-c3nc(-c4ccsc4)no3)c(-c3cccnc3)n2)cc1. The molecule has 7 heteroatoms. The standard InChI is InChI=1S/C20H13N5OS/c1-2-6-16(7-3-1)25-12-17(18(23-25)14-5-4-9-21-11-14)20-22-19(24-26-20)15-8-10-27-13-15/h1-13H. The second-order valence-electron chi connectivity index (χ2n) is 5.85. The minimum Gasteiger partial charge on any atom is -0.333 e. The van der Waals surface area contributed by atoms with Crippen LogP contribution >= 0.6 is 11.3 Å². The average molecular weight is 371 g/mol. The lowest BCUT2D eigenvalue weighted by atomic mass is 10.1. The third-order valence-corrected chi connectivity index (χ3v) is 4.79. The Morgan fingerprint density at radius 1 is 0.963 bits per heavy atom. The van der Waals surface area contributed by atoms with Crippen LogP contribution in [0.25, 0.3) is 39.8 Å². The van der Waals surface area contributed by atoms with Crippen LogP contribution in [-0.2, 0) is 0 Å². The molecule has 0 unspecified atom stereocenters. The summed E-state index contributed by atoms with van der Waals surface area (Å²) in [6.07, 6.45) is 5.42. The Hall–Kier alpha value is -3.58. The zero-order valence-electron chi connectivity index (χ0n) is 14.1. The molecule has 0 atom stereocenters. The van der Waals surface area contributed by atoms with Gasteiger partial charge in [0, 0.05) is 35.1 Å². The number of rotatable bonds is 4. The largest absolute Gasteiger partial charge is 0.333 e. The van der Waals surface area contributed by atoms with Crippen molar-refractivity contribution >= 4 is 11.3 Å². The van der Waals surface area contributed by atoms with Gasteiger partial charge >= 0.3 is 0 Å². The van der Waals surface area contributed by atoms with E-state index < -0.39 is 0 Å². The monoisotopic (exact) mass is 371 g/mol. The number of thiophene rings is 1. The Balaban J connectivity index is 1.65. The molecule has 0 radical (unpaired) electrons. The van der Waals surface area contributed by atoms with E-state index in [4.69, 9.17) is 9.62 Å². The predicted molar refractivity (Wildman–Crippen MR) is 103 cm³/mol. The van der Waals surface area contributed by atoms with Crippen LogP contribution in [0, 0.1) is 0 Å². The van der Waals surface area contributed by atoms with Gasteiger partial charge in [-0.3, -0.25) is 4.98 Å². The van der Waals surface area contributed by atoms with Crippen molar-refractivity contribution in [2.24, 2.45) is 0 Å². The smallest absolute Gasteiger partial charge is 0.262 e. The molecule has 0 saturated carbocycles. The molecule has 1 aromatic carbocycles. The van der Waals surface area contributed by atoms with E-state index in [-0.39, 0.29) is 0 Å². The van der Waals surface area contributed by atoms with Crippen molar-refractivity contribution in [3.05, 3.63) is 77.9 Å². The third kappa shape index (κ3) is 2.94. The van der Waals surface area contributed by atoms with Crippen molar-refractivity contribution < 1.29 is 4.52 Å². The van der Waals surface area contributed by atoms with Crippen LogP contribution in [0.4, 0.5) is 0 Å². The molecule has 0 saturated heterocycles. The first-order valence-electron chi connectivity index (χ1n) is 8.30. The van der Waals surface area contributed by atoms with Crippen molar-refractivity contribution in [1.82, 2.24) is 24.9 Å². The lowest BCUT2D eigenvalue weighted by molar-refractivity contribution is 0.432. The summed E-state index contributed by atoms with van der Waals surface area (Å²) < 4.78 is 7.37. The van der Waals surface area contributed by atoms with E-state index in [1.807, 2.05) is 70.2 Å². The predicted octanol–water partition coefficient (Wildman–Crippen LogP) is 4.71. The van der Waals surface area contributed by atoms with Crippen molar-refractivity contribution in [2.45, 2.75) is 0 Å². The fourth-order valence-corrected chi connectivity index (χ4v) is 3.44. The third-order valence-electron chi connectivity index (χ3n) is 4.11. The molecule has 27 heavy (non-hydrogen) atoms. The molecule has 0 aliphatic heterocycles. The molecule has 0 N–H and O–H groups in total. The molecular weight excluding hydrogens is 358 g/mol. The summed E-state index contributed by atoms with van der Waals surface area (Å²) in [6.45, 7) is 0. The van der Waals surface area contributed by atoms with E-state index in [2.05, 4.69) is 15.1 Å². The molecular formula is C20H13N5OS. The van der Waals surface area contributed by atoms with Crippen molar-refractivity contribution in [2.75, 3.05) is 0 Å². The van der Waals surface area contributed by atoms with Crippen LogP contribution in [0.15, 0.2) is 82.4 Å². The molecule has 0 spiro atoms. The van der Waals surface area contributed by atoms with Gasteiger partial charge in [-0.05, 0) is 35.7 Å². The lowest BCUT2D eigenvalue weighted by Gasteiger charge is -1.99. The van der Waals surface area contributed by atoms with Crippen LogP contribution in [-0.4, -0.2) is 24.9 Å². The second-order valence-corrected chi connectivity index (χ2v) is 6.63. The topological polar surface area (TPSA) is 69.6 Å². The first kappa shape index (κ1) is 15.7. The number of pyridine rings is 1. The van der Waals surface area contributed by atoms with E-state index in [9.17, 15) is 0 Å². The Kier molecular flexibility index (Phi) is 3.84. The lowest BCUT2D eigenvalue weighted by Crippen LogP contribution is -1.94.